The van der Waals surface area contributed by atoms with Gasteiger partial charge in [-0.15, -0.1) is 0 Å². The predicted molar refractivity (Wildman–Crippen MR) is 130 cm³/mol. The molecular formula is C23H26KO7PS. The van der Waals surface area contributed by atoms with Crippen LogP contribution in [0.25, 0.3) is 0 Å². The summed E-state index contributed by atoms with van der Waals surface area (Å²) in [5.41, 5.74) is 1.41. The van der Waals surface area contributed by atoms with Gasteiger partial charge in [-0.25, -0.2) is 0 Å². The van der Waals surface area contributed by atoms with Crippen LogP contribution >= 0.6 is 8.25 Å². The molecule has 2 N–H and O–H groups in total. The van der Waals surface area contributed by atoms with Crippen molar-refractivity contribution in [3.63, 3.8) is 0 Å². The van der Waals surface area contributed by atoms with Crippen molar-refractivity contribution >= 4 is 69.8 Å². The number of ether oxygens (including phenoxy) is 1. The number of hydrogen-bond donors (Lipinski definition) is 2. The third-order valence-corrected chi connectivity index (χ3v) is 6.46. The van der Waals surface area contributed by atoms with E-state index in [9.17, 15) is 13.0 Å². The van der Waals surface area contributed by atoms with Crippen molar-refractivity contribution in [1.29, 1.82) is 0 Å². The fraction of sp³-hybridized carbons (Fsp3) is 0.217. The van der Waals surface area contributed by atoms with E-state index in [2.05, 4.69) is 16.7 Å². The van der Waals surface area contributed by atoms with Crippen LogP contribution in [0.5, 0.6) is 11.5 Å². The molecule has 0 fully saturated rings. The third-order valence-electron chi connectivity index (χ3n) is 4.81. The van der Waals surface area contributed by atoms with Crippen LogP contribution in [0, 0.1) is 0 Å². The second kappa shape index (κ2) is 13.9. The third kappa shape index (κ3) is 9.74. The van der Waals surface area contributed by atoms with Gasteiger partial charge in [0.05, 0.1) is 0 Å². The van der Waals surface area contributed by atoms with Crippen LogP contribution in [-0.2, 0) is 32.0 Å². The monoisotopic (exact) mass is 516 g/mol. The summed E-state index contributed by atoms with van der Waals surface area (Å²) in [5, 5.41) is 0. The first kappa shape index (κ1) is 28.4. The molecule has 0 bridgehead atoms. The standard InChI is InChI=1S/C23H25O7PS.K.H/c24-31(25)30-23(32(26,27)28)15-7-11-19-10-6-13-21(17-19)29-22-14-5-4-12-20(22)16-18-8-2-1-3-9-18;;/h1-6,8-10,12-14,17,23,31H,7,11,15-16H2,(H,24,25)(H,26,27,28);;. The topological polar surface area (TPSA) is 110 Å². The number of para-hydroxylation sites is 1. The zero-order valence-corrected chi connectivity index (χ0v) is 19.1. The van der Waals surface area contributed by atoms with E-state index in [0.29, 0.717) is 18.6 Å². The molecule has 0 heterocycles. The molecule has 0 spiro atoms. The van der Waals surface area contributed by atoms with Gasteiger partial charge in [-0.1, -0.05) is 60.7 Å². The molecule has 3 rings (SSSR count). The van der Waals surface area contributed by atoms with Crippen LogP contribution < -0.4 is 4.74 Å². The van der Waals surface area contributed by atoms with Crippen LogP contribution in [0.15, 0.2) is 78.9 Å². The summed E-state index contributed by atoms with van der Waals surface area (Å²) in [4.78, 5) is 8.83. The van der Waals surface area contributed by atoms with Crippen molar-refractivity contribution in [2.45, 2.75) is 31.1 Å². The second-order valence-corrected chi connectivity index (χ2v) is 9.56. The minimum atomic E-state index is -4.58. The fourth-order valence-corrected chi connectivity index (χ4v) is 4.85. The normalized spacial score (nSPS) is 13.0. The van der Waals surface area contributed by atoms with Crippen molar-refractivity contribution in [3.05, 3.63) is 95.6 Å². The Labute approximate surface area is 237 Å². The Balaban J connectivity index is 0.00000385. The van der Waals surface area contributed by atoms with E-state index in [1.54, 1.807) is 0 Å². The minimum absolute atomic E-state index is 0. The van der Waals surface area contributed by atoms with Gasteiger partial charge in [-0.05, 0) is 54.2 Å². The maximum atomic E-state index is 11.3. The van der Waals surface area contributed by atoms with Gasteiger partial charge in [0.1, 0.15) is 11.5 Å². The Bertz CT molecular complexity index is 1160. The van der Waals surface area contributed by atoms with Gasteiger partial charge in [0, 0.05) is 6.42 Å². The first-order valence-corrected chi connectivity index (χ1v) is 12.8. The first-order valence-electron chi connectivity index (χ1n) is 10.1. The van der Waals surface area contributed by atoms with Crippen LogP contribution in [0.2, 0.25) is 0 Å². The molecule has 0 saturated carbocycles. The molecule has 172 valence electrons. The van der Waals surface area contributed by atoms with Gasteiger partial charge in [0.15, 0.2) is 5.44 Å². The predicted octanol–water partition coefficient (Wildman–Crippen LogP) is 4.36. The van der Waals surface area contributed by atoms with Crippen LogP contribution in [0.1, 0.15) is 29.5 Å². The van der Waals surface area contributed by atoms with E-state index in [0.717, 1.165) is 23.3 Å². The molecule has 33 heavy (non-hydrogen) atoms. The molecular weight excluding hydrogens is 490 g/mol. The summed E-state index contributed by atoms with van der Waals surface area (Å²) < 4.78 is 53.2. The zero-order valence-electron chi connectivity index (χ0n) is 17.3. The Morgan fingerprint density at radius 3 is 2.27 bits per heavy atom. The molecule has 0 amide bonds. The SMILES string of the molecule is O=[PH](O)OC(CCCc1cccc(Oc2ccccc2Cc2ccccc2)c1)S(=O)(=O)O.[KH]. The number of benzene rings is 3. The first-order chi connectivity index (χ1) is 15.3. The van der Waals surface area contributed by atoms with Crippen LogP contribution in [0.4, 0.5) is 0 Å². The van der Waals surface area contributed by atoms with Crippen molar-refractivity contribution in [3.8, 4) is 11.5 Å². The fourth-order valence-electron chi connectivity index (χ4n) is 3.31. The number of aryl methyl sites for hydroxylation is 1. The van der Waals surface area contributed by atoms with Gasteiger partial charge in [0.2, 0.25) is 0 Å². The Hall–Kier alpha value is -0.844. The molecule has 10 heteroatoms. The van der Waals surface area contributed by atoms with Crippen molar-refractivity contribution in [2.24, 2.45) is 0 Å². The maximum absolute atomic E-state index is 11.3. The van der Waals surface area contributed by atoms with Crippen molar-refractivity contribution in [1.82, 2.24) is 0 Å². The van der Waals surface area contributed by atoms with Gasteiger partial charge >= 0.3 is 59.6 Å². The van der Waals surface area contributed by atoms with Gasteiger partial charge < -0.3 is 9.63 Å². The molecule has 0 aliphatic heterocycles. The molecule has 0 saturated heterocycles. The molecule has 0 aliphatic rings. The van der Waals surface area contributed by atoms with Crippen molar-refractivity contribution in [2.75, 3.05) is 0 Å². The summed E-state index contributed by atoms with van der Waals surface area (Å²) in [5.74, 6) is 1.40. The molecule has 0 aromatic heterocycles. The molecule has 0 aliphatic carbocycles. The van der Waals surface area contributed by atoms with E-state index in [4.69, 9.17) is 14.2 Å². The summed E-state index contributed by atoms with van der Waals surface area (Å²) in [7, 11) is -8.06. The van der Waals surface area contributed by atoms with E-state index in [-0.39, 0.29) is 57.8 Å². The number of rotatable bonds is 11. The molecule has 3 aromatic rings. The summed E-state index contributed by atoms with van der Waals surface area (Å²) in [6.07, 6.45) is 1.43. The molecule has 3 aromatic carbocycles. The zero-order chi connectivity index (χ0) is 23.0. The average Bonchev–Trinajstić information content (AvgIpc) is 2.75. The molecule has 2 atom stereocenters. The van der Waals surface area contributed by atoms with E-state index >= 15 is 0 Å². The average molecular weight is 517 g/mol. The van der Waals surface area contributed by atoms with Crippen LogP contribution in [-0.4, -0.2) is 74.7 Å². The quantitative estimate of drug-likeness (QED) is 0.221. The van der Waals surface area contributed by atoms with E-state index in [1.165, 1.54) is 5.56 Å². The van der Waals surface area contributed by atoms with Gasteiger partial charge in [-0.3, -0.25) is 13.6 Å². The van der Waals surface area contributed by atoms with Crippen molar-refractivity contribution < 1.29 is 31.7 Å². The Morgan fingerprint density at radius 1 is 0.909 bits per heavy atom. The Kier molecular flexibility index (Phi) is 12.0. The summed E-state index contributed by atoms with van der Waals surface area (Å²) >= 11 is 0. The summed E-state index contributed by atoms with van der Waals surface area (Å²) in [6.45, 7) is 0. The van der Waals surface area contributed by atoms with Gasteiger partial charge in [-0.2, -0.15) is 8.42 Å². The molecule has 0 radical (unpaired) electrons. The number of hydrogen-bond acceptors (Lipinski definition) is 5. The van der Waals surface area contributed by atoms with Gasteiger partial charge in [0.25, 0.3) is 10.1 Å². The molecule has 7 nitrogen and oxygen atoms in total. The summed E-state index contributed by atoms with van der Waals surface area (Å²) in [6, 6.07) is 25.3. The molecule has 2 unspecified atom stereocenters. The Morgan fingerprint density at radius 2 is 1.58 bits per heavy atom. The van der Waals surface area contributed by atoms with E-state index in [1.807, 2.05) is 66.7 Å². The van der Waals surface area contributed by atoms with E-state index < -0.39 is 23.8 Å². The second-order valence-electron chi connectivity index (χ2n) is 7.24. The van der Waals surface area contributed by atoms with Crippen LogP contribution in [0.3, 0.4) is 0 Å².